The van der Waals surface area contributed by atoms with Crippen molar-refractivity contribution in [3.63, 3.8) is 0 Å². The predicted octanol–water partition coefficient (Wildman–Crippen LogP) is 2.98. The van der Waals surface area contributed by atoms with E-state index in [1.54, 1.807) is 13.0 Å². The van der Waals surface area contributed by atoms with Crippen LogP contribution in [0.2, 0.25) is 0 Å². The van der Waals surface area contributed by atoms with Crippen molar-refractivity contribution in [3.8, 4) is 28.4 Å². The van der Waals surface area contributed by atoms with E-state index in [1.165, 1.54) is 0 Å². The molecule has 0 aliphatic rings. The van der Waals surface area contributed by atoms with Gasteiger partial charge in [-0.05, 0) is 24.1 Å². The summed E-state index contributed by atoms with van der Waals surface area (Å²) in [6.07, 6.45) is 0.521. The number of hydrogen-bond donors (Lipinski definition) is 2. The number of rotatable bonds is 4. The van der Waals surface area contributed by atoms with Gasteiger partial charge in [0.05, 0.1) is 12.2 Å². The van der Waals surface area contributed by atoms with E-state index in [-0.39, 0.29) is 11.3 Å². The van der Waals surface area contributed by atoms with E-state index in [9.17, 15) is 15.0 Å². The van der Waals surface area contributed by atoms with Gasteiger partial charge in [-0.3, -0.25) is 4.79 Å². The fraction of sp³-hybridized carbons (Fsp3) is 0.133. The molecule has 0 saturated carbocycles. The number of ether oxygens (including phenoxy) is 1. The number of aromatic hydroxyl groups is 2. The van der Waals surface area contributed by atoms with Crippen LogP contribution in [0, 0.1) is 0 Å². The van der Waals surface area contributed by atoms with Crippen LogP contribution in [-0.4, -0.2) is 23.1 Å². The van der Waals surface area contributed by atoms with Crippen LogP contribution in [0.15, 0.2) is 36.4 Å². The molecule has 2 N–H and O–H groups in total. The first-order valence-corrected chi connectivity index (χ1v) is 5.91. The van der Waals surface area contributed by atoms with Crippen molar-refractivity contribution in [2.24, 2.45) is 0 Å². The molecule has 0 bridgehead atoms. The molecule has 0 saturated heterocycles. The van der Waals surface area contributed by atoms with Gasteiger partial charge in [0, 0.05) is 0 Å². The number of hydrogen-bond acceptors (Lipinski definition) is 4. The summed E-state index contributed by atoms with van der Waals surface area (Å²) >= 11 is 0. The topological polar surface area (TPSA) is 66.8 Å². The van der Waals surface area contributed by atoms with Crippen molar-refractivity contribution in [1.82, 2.24) is 0 Å². The minimum absolute atomic E-state index is 0.0483. The van der Waals surface area contributed by atoms with Crippen LogP contribution in [-0.2, 0) is 0 Å². The van der Waals surface area contributed by atoms with Gasteiger partial charge in [-0.25, -0.2) is 0 Å². The summed E-state index contributed by atoms with van der Waals surface area (Å²) in [5, 5.41) is 19.7. The third kappa shape index (κ3) is 2.38. The van der Waals surface area contributed by atoms with E-state index in [0.29, 0.717) is 18.5 Å². The highest BCUT2D eigenvalue weighted by Crippen LogP contribution is 2.43. The second kappa shape index (κ2) is 5.44. The molecule has 0 aliphatic heterocycles. The zero-order valence-electron chi connectivity index (χ0n) is 10.5. The Labute approximate surface area is 110 Å². The van der Waals surface area contributed by atoms with Crippen molar-refractivity contribution < 1.29 is 19.7 Å². The first kappa shape index (κ1) is 13.0. The van der Waals surface area contributed by atoms with Crippen LogP contribution in [0.1, 0.15) is 17.3 Å². The molecule has 2 aromatic carbocycles. The van der Waals surface area contributed by atoms with Gasteiger partial charge in [0.2, 0.25) is 5.75 Å². The zero-order chi connectivity index (χ0) is 13.8. The van der Waals surface area contributed by atoms with Gasteiger partial charge in [0.25, 0.3) is 0 Å². The lowest BCUT2D eigenvalue weighted by atomic mass is 9.98. The molecule has 2 aromatic rings. The summed E-state index contributed by atoms with van der Waals surface area (Å²) < 4.78 is 5.25. The summed E-state index contributed by atoms with van der Waals surface area (Å²) in [7, 11) is 0. The predicted molar refractivity (Wildman–Crippen MR) is 71.8 cm³/mol. The summed E-state index contributed by atoms with van der Waals surface area (Å²) in [5.74, 6) is -0.715. The van der Waals surface area contributed by atoms with Crippen LogP contribution in [0.4, 0.5) is 0 Å². The maximum absolute atomic E-state index is 11.1. The van der Waals surface area contributed by atoms with Crippen LogP contribution >= 0.6 is 0 Å². The van der Waals surface area contributed by atoms with Crippen molar-refractivity contribution in [1.29, 1.82) is 0 Å². The van der Waals surface area contributed by atoms with Crippen molar-refractivity contribution in [2.45, 2.75) is 6.92 Å². The molecular formula is C15H14O4. The van der Waals surface area contributed by atoms with E-state index in [1.807, 2.05) is 30.3 Å². The molecule has 0 aromatic heterocycles. The van der Waals surface area contributed by atoms with Gasteiger partial charge in [0.15, 0.2) is 17.8 Å². The summed E-state index contributed by atoms with van der Waals surface area (Å²) in [4.78, 5) is 11.1. The largest absolute Gasteiger partial charge is 0.504 e. The van der Waals surface area contributed by atoms with E-state index in [2.05, 4.69) is 0 Å². The van der Waals surface area contributed by atoms with Gasteiger partial charge in [0.1, 0.15) is 0 Å². The van der Waals surface area contributed by atoms with E-state index in [4.69, 9.17) is 4.74 Å². The lowest BCUT2D eigenvalue weighted by Gasteiger charge is -2.13. The highest BCUT2D eigenvalue weighted by Gasteiger charge is 2.18. The molecule has 0 amide bonds. The van der Waals surface area contributed by atoms with E-state index >= 15 is 0 Å². The molecule has 0 spiro atoms. The molecule has 19 heavy (non-hydrogen) atoms. The van der Waals surface area contributed by atoms with Crippen molar-refractivity contribution >= 4 is 6.29 Å². The van der Waals surface area contributed by atoms with Crippen molar-refractivity contribution in [3.05, 3.63) is 42.0 Å². The highest BCUT2D eigenvalue weighted by atomic mass is 16.5. The molecule has 0 aliphatic carbocycles. The fourth-order valence-corrected chi connectivity index (χ4v) is 1.89. The maximum Gasteiger partial charge on any atom is 0.201 e. The number of phenolic OH excluding ortho intramolecular Hbond substituents is 2. The Hall–Kier alpha value is -2.49. The number of phenols is 2. The van der Waals surface area contributed by atoms with Gasteiger partial charge in [-0.1, -0.05) is 30.3 Å². The quantitative estimate of drug-likeness (QED) is 0.653. The van der Waals surface area contributed by atoms with Gasteiger partial charge in [-0.15, -0.1) is 0 Å². The first-order chi connectivity index (χ1) is 9.19. The summed E-state index contributed by atoms with van der Waals surface area (Å²) in [6.45, 7) is 2.12. The normalized spacial score (nSPS) is 10.2. The second-order valence-corrected chi connectivity index (χ2v) is 3.95. The molecule has 0 atom stereocenters. The standard InChI is InChI=1S/C15H14O4/c1-2-19-13-8-11(10-6-4-3-5-7-10)12(9-16)14(17)15(13)18/h3-9,17-18H,2H2,1H3. The van der Waals surface area contributed by atoms with Crippen LogP contribution < -0.4 is 4.74 Å². The minimum Gasteiger partial charge on any atom is -0.504 e. The van der Waals surface area contributed by atoms with Gasteiger partial charge in [-0.2, -0.15) is 0 Å². The van der Waals surface area contributed by atoms with Gasteiger partial charge < -0.3 is 14.9 Å². The van der Waals surface area contributed by atoms with E-state index in [0.717, 1.165) is 5.56 Å². The number of benzene rings is 2. The van der Waals surface area contributed by atoms with E-state index < -0.39 is 11.5 Å². The third-order valence-electron chi connectivity index (χ3n) is 2.78. The Morgan fingerprint density at radius 1 is 1.16 bits per heavy atom. The Kier molecular flexibility index (Phi) is 3.71. The van der Waals surface area contributed by atoms with Crippen LogP contribution in [0.5, 0.6) is 17.2 Å². The number of carbonyl (C=O) groups excluding carboxylic acids is 1. The maximum atomic E-state index is 11.1. The number of carbonyl (C=O) groups is 1. The average molecular weight is 258 g/mol. The fourth-order valence-electron chi connectivity index (χ4n) is 1.89. The smallest absolute Gasteiger partial charge is 0.201 e. The Morgan fingerprint density at radius 2 is 1.84 bits per heavy atom. The SMILES string of the molecule is CCOc1cc(-c2ccccc2)c(C=O)c(O)c1O. The lowest BCUT2D eigenvalue weighted by Crippen LogP contribution is -1.96. The molecule has 98 valence electrons. The summed E-state index contributed by atoms with van der Waals surface area (Å²) in [6, 6.07) is 10.7. The Morgan fingerprint density at radius 3 is 2.42 bits per heavy atom. The molecule has 0 heterocycles. The molecule has 4 heteroatoms. The number of aldehydes is 1. The highest BCUT2D eigenvalue weighted by molar-refractivity contribution is 5.93. The molecule has 0 unspecified atom stereocenters. The van der Waals surface area contributed by atoms with Crippen LogP contribution in [0.3, 0.4) is 0 Å². The Bertz CT molecular complexity index is 591. The van der Waals surface area contributed by atoms with Gasteiger partial charge >= 0.3 is 0 Å². The molecule has 2 rings (SSSR count). The van der Waals surface area contributed by atoms with Crippen molar-refractivity contribution in [2.75, 3.05) is 6.61 Å². The second-order valence-electron chi connectivity index (χ2n) is 3.95. The molecule has 4 nitrogen and oxygen atoms in total. The summed E-state index contributed by atoms with van der Waals surface area (Å²) in [5.41, 5.74) is 1.34. The lowest BCUT2D eigenvalue weighted by molar-refractivity contribution is 0.112. The molecular weight excluding hydrogens is 244 g/mol. The Balaban J connectivity index is 2.68. The zero-order valence-corrected chi connectivity index (χ0v) is 10.5. The average Bonchev–Trinajstić information content (AvgIpc) is 2.45. The first-order valence-electron chi connectivity index (χ1n) is 5.91. The van der Waals surface area contributed by atoms with Crippen LogP contribution in [0.25, 0.3) is 11.1 Å². The third-order valence-corrected chi connectivity index (χ3v) is 2.78. The minimum atomic E-state index is -0.459. The molecule has 0 radical (unpaired) electrons. The molecule has 0 fully saturated rings. The monoisotopic (exact) mass is 258 g/mol.